The Labute approximate surface area is 176 Å². The summed E-state index contributed by atoms with van der Waals surface area (Å²) in [6.45, 7) is 7.17. The van der Waals surface area contributed by atoms with Gasteiger partial charge in [-0.2, -0.15) is 0 Å². The van der Waals surface area contributed by atoms with Gasteiger partial charge in [0.25, 0.3) is 5.91 Å². The van der Waals surface area contributed by atoms with E-state index in [1.54, 1.807) is 6.92 Å². The number of rotatable bonds is 5. The molecule has 0 radical (unpaired) electrons. The summed E-state index contributed by atoms with van der Waals surface area (Å²) in [5.41, 5.74) is 2.82. The van der Waals surface area contributed by atoms with Crippen molar-refractivity contribution >= 4 is 5.91 Å². The fourth-order valence-corrected chi connectivity index (χ4v) is 3.65. The molecule has 1 aliphatic rings. The van der Waals surface area contributed by atoms with Gasteiger partial charge in [-0.25, -0.2) is 0 Å². The Morgan fingerprint density at radius 1 is 1.03 bits per heavy atom. The summed E-state index contributed by atoms with van der Waals surface area (Å²) >= 11 is 0. The summed E-state index contributed by atoms with van der Waals surface area (Å²) in [6.07, 6.45) is 0.851. The molecule has 3 aromatic rings. The van der Waals surface area contributed by atoms with E-state index in [4.69, 9.17) is 14.0 Å². The lowest BCUT2D eigenvalue weighted by atomic mass is 9.95. The van der Waals surface area contributed by atoms with Crippen molar-refractivity contribution < 1.29 is 18.8 Å². The highest BCUT2D eigenvalue weighted by Crippen LogP contribution is 2.34. The van der Waals surface area contributed by atoms with Crippen LogP contribution in [0.5, 0.6) is 11.5 Å². The largest absolute Gasteiger partial charge is 0.490 e. The van der Waals surface area contributed by atoms with Crippen molar-refractivity contribution in [1.82, 2.24) is 10.5 Å². The van der Waals surface area contributed by atoms with Crippen LogP contribution in [-0.4, -0.2) is 24.3 Å². The zero-order valence-corrected chi connectivity index (χ0v) is 17.5. The van der Waals surface area contributed by atoms with Gasteiger partial charge in [0.05, 0.1) is 19.3 Å². The molecule has 1 atom stereocenters. The van der Waals surface area contributed by atoms with E-state index in [9.17, 15) is 4.79 Å². The molecule has 30 heavy (non-hydrogen) atoms. The summed E-state index contributed by atoms with van der Waals surface area (Å²) < 4.78 is 16.9. The number of carbonyl (C=O) groups excluding carboxylic acids is 1. The maximum atomic E-state index is 13.3. The van der Waals surface area contributed by atoms with Crippen molar-refractivity contribution in [2.75, 3.05) is 13.2 Å². The van der Waals surface area contributed by atoms with Crippen molar-refractivity contribution in [2.24, 2.45) is 5.92 Å². The molecule has 0 fully saturated rings. The van der Waals surface area contributed by atoms with Crippen LogP contribution in [0, 0.1) is 12.8 Å². The highest BCUT2D eigenvalue weighted by molar-refractivity contribution is 6.01. The highest BCUT2D eigenvalue weighted by atomic mass is 16.5. The van der Waals surface area contributed by atoms with Crippen LogP contribution in [0.2, 0.25) is 0 Å². The first kappa shape index (κ1) is 20.0. The second-order valence-corrected chi connectivity index (χ2v) is 7.78. The average Bonchev–Trinajstić information content (AvgIpc) is 2.98. The molecule has 0 bridgehead atoms. The molecule has 0 spiro atoms. The lowest BCUT2D eigenvalue weighted by Crippen LogP contribution is -2.32. The van der Waals surface area contributed by atoms with Crippen molar-refractivity contribution in [2.45, 2.75) is 33.2 Å². The number of carbonyl (C=O) groups is 1. The molecule has 4 rings (SSSR count). The topological polar surface area (TPSA) is 73.6 Å². The summed E-state index contributed by atoms with van der Waals surface area (Å²) in [5.74, 6) is 1.91. The Bertz CT molecular complexity index is 1030. The van der Waals surface area contributed by atoms with Gasteiger partial charge in [0.15, 0.2) is 11.5 Å². The van der Waals surface area contributed by atoms with Crippen molar-refractivity contribution in [1.29, 1.82) is 0 Å². The summed E-state index contributed by atoms with van der Waals surface area (Å²) in [4.78, 5) is 13.3. The minimum atomic E-state index is -0.210. The van der Waals surface area contributed by atoms with Crippen molar-refractivity contribution in [3.8, 4) is 22.8 Å². The van der Waals surface area contributed by atoms with Gasteiger partial charge in [-0.1, -0.05) is 55.4 Å². The predicted octanol–water partition coefficient (Wildman–Crippen LogP) is 4.94. The molecule has 2 heterocycles. The Morgan fingerprint density at radius 3 is 2.50 bits per heavy atom. The molecular formula is C24H26N2O4. The van der Waals surface area contributed by atoms with E-state index in [0.717, 1.165) is 29.0 Å². The first-order valence-electron chi connectivity index (χ1n) is 10.3. The molecule has 0 saturated heterocycles. The van der Waals surface area contributed by atoms with Crippen molar-refractivity contribution in [3.05, 3.63) is 65.4 Å². The van der Waals surface area contributed by atoms with Gasteiger partial charge in [0, 0.05) is 12.0 Å². The van der Waals surface area contributed by atoms with E-state index in [2.05, 4.69) is 24.3 Å². The highest BCUT2D eigenvalue weighted by Gasteiger charge is 2.26. The second-order valence-electron chi connectivity index (χ2n) is 7.78. The van der Waals surface area contributed by atoms with Crippen LogP contribution in [0.25, 0.3) is 11.3 Å². The van der Waals surface area contributed by atoms with Gasteiger partial charge in [0.2, 0.25) is 0 Å². The van der Waals surface area contributed by atoms with Gasteiger partial charge in [0.1, 0.15) is 17.0 Å². The van der Waals surface area contributed by atoms with Crippen molar-refractivity contribution in [3.63, 3.8) is 0 Å². The number of aromatic nitrogens is 1. The second kappa shape index (κ2) is 8.61. The van der Waals surface area contributed by atoms with Crippen LogP contribution in [-0.2, 0) is 0 Å². The lowest BCUT2D eigenvalue weighted by Gasteiger charge is -2.24. The minimum Gasteiger partial charge on any atom is -0.490 e. The number of benzene rings is 2. The molecule has 1 N–H and O–H groups in total. The normalized spacial score (nSPS) is 14.3. The molecule has 156 valence electrons. The Hall–Kier alpha value is -3.28. The molecule has 1 aromatic heterocycles. The van der Waals surface area contributed by atoms with Gasteiger partial charge >= 0.3 is 0 Å². The number of hydrogen-bond acceptors (Lipinski definition) is 5. The third-order valence-electron chi connectivity index (χ3n) is 5.22. The lowest BCUT2D eigenvalue weighted by molar-refractivity contribution is 0.0924. The molecule has 0 unspecified atom stereocenters. The van der Waals surface area contributed by atoms with Crippen LogP contribution < -0.4 is 14.8 Å². The summed E-state index contributed by atoms with van der Waals surface area (Å²) in [6, 6.07) is 15.2. The van der Waals surface area contributed by atoms with E-state index in [1.165, 1.54) is 0 Å². The number of nitrogens with zero attached hydrogens (tertiary/aromatic N) is 1. The zero-order valence-electron chi connectivity index (χ0n) is 17.5. The molecule has 2 aromatic carbocycles. The van der Waals surface area contributed by atoms with Crippen LogP contribution in [0.4, 0.5) is 0 Å². The van der Waals surface area contributed by atoms with Crippen LogP contribution in [0.15, 0.2) is 53.1 Å². The number of nitrogens with one attached hydrogen (secondary N) is 1. The Kier molecular flexibility index (Phi) is 5.74. The molecule has 1 amide bonds. The number of aryl methyl sites for hydroxylation is 1. The van der Waals surface area contributed by atoms with E-state index in [1.807, 2.05) is 48.5 Å². The smallest absolute Gasteiger partial charge is 0.257 e. The average molecular weight is 406 g/mol. The third kappa shape index (κ3) is 4.03. The molecule has 0 aliphatic carbocycles. The fraction of sp³-hybridized carbons (Fsp3) is 0.333. The van der Waals surface area contributed by atoms with E-state index in [0.29, 0.717) is 30.2 Å². The Morgan fingerprint density at radius 2 is 1.77 bits per heavy atom. The van der Waals surface area contributed by atoms with Gasteiger partial charge < -0.3 is 19.3 Å². The van der Waals surface area contributed by atoms with Gasteiger partial charge in [-0.05, 0) is 30.5 Å². The maximum Gasteiger partial charge on any atom is 0.257 e. The monoisotopic (exact) mass is 406 g/mol. The fourth-order valence-electron chi connectivity index (χ4n) is 3.65. The number of fused-ring (bicyclic) bond motifs is 1. The molecule has 6 nitrogen and oxygen atoms in total. The van der Waals surface area contributed by atoms with Crippen LogP contribution in [0.1, 0.15) is 48.0 Å². The quantitative estimate of drug-likeness (QED) is 0.650. The van der Waals surface area contributed by atoms with Gasteiger partial charge in [-0.3, -0.25) is 4.79 Å². The number of amides is 1. The number of hydrogen-bond donors (Lipinski definition) is 1. The van der Waals surface area contributed by atoms with E-state index < -0.39 is 0 Å². The van der Waals surface area contributed by atoms with Crippen LogP contribution >= 0.6 is 0 Å². The predicted molar refractivity (Wildman–Crippen MR) is 114 cm³/mol. The van der Waals surface area contributed by atoms with E-state index >= 15 is 0 Å². The maximum absolute atomic E-state index is 13.3. The standard InChI is InChI=1S/C24H26N2O4/c1-15(2)22(18-10-11-19-20(14-18)29-13-7-12-28-19)25-24(27)21-16(3)30-26-23(21)17-8-5-4-6-9-17/h4-6,8-11,14-15,22H,7,12-13H2,1-3H3,(H,25,27)/t22-/m0/s1. The minimum absolute atomic E-state index is 0.166. The van der Waals surface area contributed by atoms with Crippen LogP contribution in [0.3, 0.4) is 0 Å². The molecule has 1 aliphatic heterocycles. The molecule has 6 heteroatoms. The third-order valence-corrected chi connectivity index (χ3v) is 5.22. The SMILES string of the molecule is Cc1onc(-c2ccccc2)c1C(=O)N[C@H](c1ccc2c(c1)OCCCO2)C(C)C. The Balaban J connectivity index is 1.63. The first-order chi connectivity index (χ1) is 14.5. The first-order valence-corrected chi connectivity index (χ1v) is 10.3. The summed E-state index contributed by atoms with van der Waals surface area (Å²) in [7, 11) is 0. The zero-order chi connectivity index (χ0) is 21.1. The molecular weight excluding hydrogens is 380 g/mol. The van der Waals surface area contributed by atoms with E-state index in [-0.39, 0.29) is 17.9 Å². The van der Waals surface area contributed by atoms with Gasteiger partial charge in [-0.15, -0.1) is 0 Å². The molecule has 0 saturated carbocycles. The summed E-state index contributed by atoms with van der Waals surface area (Å²) in [5, 5.41) is 7.30. The number of ether oxygens (including phenoxy) is 2.